The standard InChI is InChI=1S/C46H26N4OS/c47-27-28-23-32(25-33(24-28)34-16-9-18-37-35-15-7-8-20-41(35)52-43(34)37)31-21-22-40-39(26-31)36-17-10-19-38(42(36)51-40)46-49-44(29-11-3-1-4-12-29)48-45(50-46)30-13-5-2-6-14-30/h1-26H. The third kappa shape index (κ3) is 5.03. The van der Waals surface area contributed by atoms with Gasteiger partial charge in [-0.1, -0.05) is 115 Å². The van der Waals surface area contributed by atoms with E-state index in [2.05, 4.69) is 72.8 Å². The van der Waals surface area contributed by atoms with Crippen molar-refractivity contribution in [3.63, 3.8) is 0 Å². The molecule has 6 heteroatoms. The monoisotopic (exact) mass is 682 g/mol. The van der Waals surface area contributed by atoms with Gasteiger partial charge < -0.3 is 4.42 Å². The number of aromatic nitrogens is 3. The van der Waals surface area contributed by atoms with Crippen molar-refractivity contribution >= 4 is 53.4 Å². The Bertz CT molecular complexity index is 2970. The molecule has 0 saturated carbocycles. The molecule has 0 aliphatic rings. The summed E-state index contributed by atoms with van der Waals surface area (Å²) in [4.78, 5) is 14.8. The third-order valence-electron chi connectivity index (χ3n) is 9.55. The van der Waals surface area contributed by atoms with Crippen LogP contribution >= 0.6 is 11.3 Å². The minimum atomic E-state index is 0.541. The number of benzene rings is 7. The van der Waals surface area contributed by atoms with E-state index < -0.39 is 0 Å². The smallest absolute Gasteiger partial charge is 0.167 e. The molecule has 7 aromatic carbocycles. The summed E-state index contributed by atoms with van der Waals surface area (Å²) in [5.41, 5.74) is 8.81. The van der Waals surface area contributed by atoms with E-state index in [0.29, 0.717) is 28.6 Å². The van der Waals surface area contributed by atoms with Crippen molar-refractivity contribution in [3.05, 3.63) is 163 Å². The fraction of sp³-hybridized carbons (Fsp3) is 0. The van der Waals surface area contributed by atoms with E-state index in [9.17, 15) is 5.26 Å². The van der Waals surface area contributed by atoms with Crippen LogP contribution in [0.2, 0.25) is 0 Å². The van der Waals surface area contributed by atoms with Crippen molar-refractivity contribution in [2.75, 3.05) is 0 Å². The molecule has 0 atom stereocenters. The lowest BCUT2D eigenvalue weighted by Gasteiger charge is -2.09. The van der Waals surface area contributed by atoms with Crippen LogP contribution in [0.4, 0.5) is 0 Å². The topological polar surface area (TPSA) is 75.6 Å². The molecule has 0 aliphatic heterocycles. The van der Waals surface area contributed by atoms with Crippen LogP contribution in [0.3, 0.4) is 0 Å². The molecular weight excluding hydrogens is 657 g/mol. The Morgan fingerprint density at radius 1 is 0.462 bits per heavy atom. The van der Waals surface area contributed by atoms with Gasteiger partial charge in [-0.3, -0.25) is 0 Å². The van der Waals surface area contributed by atoms with E-state index in [4.69, 9.17) is 19.4 Å². The zero-order valence-electron chi connectivity index (χ0n) is 27.6. The van der Waals surface area contributed by atoms with Crippen molar-refractivity contribution in [1.82, 2.24) is 15.0 Å². The summed E-state index contributed by atoms with van der Waals surface area (Å²) < 4.78 is 9.06. The molecule has 10 rings (SSSR count). The molecule has 0 bridgehead atoms. The predicted octanol–water partition coefficient (Wildman–Crippen LogP) is 12.3. The molecule has 0 unspecified atom stereocenters. The highest BCUT2D eigenvalue weighted by molar-refractivity contribution is 7.26. The third-order valence-corrected chi connectivity index (χ3v) is 10.8. The fourth-order valence-corrected chi connectivity index (χ4v) is 8.31. The average molecular weight is 683 g/mol. The highest BCUT2D eigenvalue weighted by Crippen LogP contribution is 2.42. The molecule has 0 radical (unpaired) electrons. The first-order valence-electron chi connectivity index (χ1n) is 17.0. The van der Waals surface area contributed by atoms with Gasteiger partial charge in [-0.2, -0.15) is 5.26 Å². The summed E-state index contributed by atoms with van der Waals surface area (Å²) in [6.45, 7) is 0. The van der Waals surface area contributed by atoms with Crippen LogP contribution in [0, 0.1) is 11.3 Å². The number of hydrogen-bond donors (Lipinski definition) is 0. The normalized spacial score (nSPS) is 11.4. The van der Waals surface area contributed by atoms with Gasteiger partial charge in [0, 0.05) is 42.1 Å². The summed E-state index contributed by atoms with van der Waals surface area (Å²) >= 11 is 1.79. The van der Waals surface area contributed by atoms with Gasteiger partial charge in [-0.25, -0.2) is 15.0 Å². The average Bonchev–Trinajstić information content (AvgIpc) is 3.79. The number of para-hydroxylation sites is 1. The van der Waals surface area contributed by atoms with Gasteiger partial charge in [0.25, 0.3) is 0 Å². The molecule has 52 heavy (non-hydrogen) atoms. The minimum Gasteiger partial charge on any atom is -0.455 e. The molecule has 10 aromatic rings. The van der Waals surface area contributed by atoms with Crippen molar-refractivity contribution in [1.29, 1.82) is 5.26 Å². The maximum atomic E-state index is 10.1. The van der Waals surface area contributed by atoms with Gasteiger partial charge in [0.1, 0.15) is 11.2 Å². The van der Waals surface area contributed by atoms with Crippen molar-refractivity contribution in [2.24, 2.45) is 0 Å². The van der Waals surface area contributed by atoms with Crippen LogP contribution in [0.25, 0.3) is 98.5 Å². The Morgan fingerprint density at radius 2 is 1.10 bits per heavy atom. The van der Waals surface area contributed by atoms with Crippen LogP contribution in [0.1, 0.15) is 5.56 Å². The number of rotatable bonds is 5. The van der Waals surface area contributed by atoms with Crippen molar-refractivity contribution < 1.29 is 4.42 Å². The highest BCUT2D eigenvalue weighted by atomic mass is 32.1. The zero-order chi connectivity index (χ0) is 34.6. The van der Waals surface area contributed by atoms with Gasteiger partial charge in [-0.05, 0) is 64.7 Å². The Balaban J connectivity index is 1.12. The predicted molar refractivity (Wildman–Crippen MR) is 212 cm³/mol. The van der Waals surface area contributed by atoms with Crippen molar-refractivity contribution in [3.8, 4) is 62.5 Å². The lowest BCUT2D eigenvalue weighted by Crippen LogP contribution is -2.00. The van der Waals surface area contributed by atoms with Crippen LogP contribution in [0.5, 0.6) is 0 Å². The molecule has 0 N–H and O–H groups in total. The molecule has 0 spiro atoms. The van der Waals surface area contributed by atoms with E-state index in [-0.39, 0.29) is 0 Å². The molecule has 3 heterocycles. The number of nitriles is 1. The van der Waals surface area contributed by atoms with E-state index in [1.54, 1.807) is 11.3 Å². The molecule has 3 aromatic heterocycles. The molecule has 0 amide bonds. The summed E-state index contributed by atoms with van der Waals surface area (Å²) in [6, 6.07) is 55.8. The van der Waals surface area contributed by atoms with E-state index >= 15 is 0 Å². The van der Waals surface area contributed by atoms with E-state index in [1.807, 2.05) is 91.0 Å². The van der Waals surface area contributed by atoms with Gasteiger partial charge in [0.05, 0.1) is 17.2 Å². The second-order valence-electron chi connectivity index (χ2n) is 12.7. The maximum Gasteiger partial charge on any atom is 0.167 e. The second kappa shape index (κ2) is 12.1. The number of furan rings is 1. The first-order chi connectivity index (χ1) is 25.7. The zero-order valence-corrected chi connectivity index (χ0v) is 28.4. The molecule has 5 nitrogen and oxygen atoms in total. The maximum absolute atomic E-state index is 10.1. The first kappa shape index (κ1) is 29.9. The van der Waals surface area contributed by atoms with Crippen LogP contribution in [-0.2, 0) is 0 Å². The first-order valence-corrected chi connectivity index (χ1v) is 17.8. The molecule has 242 valence electrons. The quantitative estimate of drug-likeness (QED) is 0.181. The number of nitrogens with zero attached hydrogens (tertiary/aromatic N) is 4. The Kier molecular flexibility index (Phi) is 6.98. The summed E-state index contributed by atoms with van der Waals surface area (Å²) in [5.74, 6) is 1.73. The second-order valence-corrected chi connectivity index (χ2v) is 13.8. The van der Waals surface area contributed by atoms with Crippen molar-refractivity contribution in [2.45, 2.75) is 0 Å². The van der Waals surface area contributed by atoms with Crippen LogP contribution < -0.4 is 0 Å². The van der Waals surface area contributed by atoms with Gasteiger partial charge in [0.15, 0.2) is 17.5 Å². The van der Waals surface area contributed by atoms with Gasteiger partial charge in [-0.15, -0.1) is 11.3 Å². The van der Waals surface area contributed by atoms with Crippen LogP contribution in [-0.4, -0.2) is 15.0 Å². The Morgan fingerprint density at radius 3 is 1.85 bits per heavy atom. The summed E-state index contributed by atoms with van der Waals surface area (Å²) in [6.07, 6.45) is 0. The van der Waals surface area contributed by atoms with E-state index in [0.717, 1.165) is 55.3 Å². The molecule has 0 saturated heterocycles. The van der Waals surface area contributed by atoms with Gasteiger partial charge in [0.2, 0.25) is 0 Å². The number of thiophene rings is 1. The SMILES string of the molecule is N#Cc1cc(-c2ccc3oc4c(-c5nc(-c6ccccc6)nc(-c6ccccc6)n5)cccc4c3c2)cc(-c2cccc3c2sc2ccccc23)c1. The lowest BCUT2D eigenvalue weighted by molar-refractivity contribution is 0.669. The van der Waals surface area contributed by atoms with E-state index in [1.165, 1.54) is 20.2 Å². The summed E-state index contributed by atoms with van der Waals surface area (Å²) in [5, 5.41) is 14.6. The van der Waals surface area contributed by atoms with Gasteiger partial charge >= 0.3 is 0 Å². The summed E-state index contributed by atoms with van der Waals surface area (Å²) in [7, 11) is 0. The lowest BCUT2D eigenvalue weighted by atomic mass is 9.95. The fourth-order valence-electron chi connectivity index (χ4n) is 7.07. The highest BCUT2D eigenvalue weighted by Gasteiger charge is 2.19. The Labute approximate surface area is 302 Å². The Hall–Kier alpha value is -6.94. The minimum absolute atomic E-state index is 0.541. The number of fused-ring (bicyclic) bond motifs is 6. The molecule has 0 fully saturated rings. The molecular formula is C46H26N4OS. The number of hydrogen-bond acceptors (Lipinski definition) is 6. The molecule has 0 aliphatic carbocycles. The largest absolute Gasteiger partial charge is 0.455 e. The van der Waals surface area contributed by atoms with Crippen LogP contribution in [0.15, 0.2) is 162 Å².